The molecule has 0 atom stereocenters. The number of hydrogen-bond donors (Lipinski definition) is 0. The van der Waals surface area contributed by atoms with Crippen LogP contribution in [0, 0.1) is 13.8 Å². The molecule has 0 fully saturated rings. The molecule has 0 saturated heterocycles. The molecule has 0 amide bonds. The third-order valence-electron chi connectivity index (χ3n) is 24.1. The van der Waals surface area contributed by atoms with Gasteiger partial charge >= 0.3 is 0 Å². The van der Waals surface area contributed by atoms with Crippen molar-refractivity contribution >= 4 is 131 Å². The Morgan fingerprint density at radius 1 is 0.309 bits per heavy atom. The van der Waals surface area contributed by atoms with Crippen LogP contribution in [0.2, 0.25) is 0 Å². The van der Waals surface area contributed by atoms with Crippen LogP contribution in [0.15, 0.2) is 297 Å². The molecule has 0 spiro atoms. The van der Waals surface area contributed by atoms with E-state index in [9.17, 15) is 0 Å². The smallest absolute Gasteiger partial charge is 0.251 e. The van der Waals surface area contributed by atoms with Gasteiger partial charge in [0.25, 0.3) is 6.71 Å². The summed E-state index contributed by atoms with van der Waals surface area (Å²) >= 11 is 0. The minimum absolute atomic E-state index is 0.0451. The van der Waals surface area contributed by atoms with Gasteiger partial charge in [-0.2, -0.15) is 0 Å². The summed E-state index contributed by atoms with van der Waals surface area (Å²) in [7, 11) is 0. The van der Waals surface area contributed by atoms with Crippen molar-refractivity contribution in [1.29, 1.82) is 0 Å². The van der Waals surface area contributed by atoms with E-state index in [2.05, 4.69) is 432 Å². The van der Waals surface area contributed by atoms with Crippen molar-refractivity contribution in [2.75, 3.05) is 19.6 Å². The van der Waals surface area contributed by atoms with Crippen LogP contribution >= 0.6 is 0 Å². The zero-order valence-corrected chi connectivity index (χ0v) is 66.7. The van der Waals surface area contributed by atoms with Crippen molar-refractivity contribution in [2.45, 2.75) is 138 Å². The quantitative estimate of drug-likeness (QED) is 0.134. The topological polar surface area (TPSA) is 17.9 Å². The highest BCUT2D eigenvalue weighted by molar-refractivity contribution is 7.05. The normalized spacial score (nSPS) is 14.1. The number of hydrogen-bond acceptors (Lipinski definition) is 4. The van der Waals surface area contributed by atoms with Gasteiger partial charge in [0.1, 0.15) is 0 Å². The second-order valence-corrected chi connectivity index (χ2v) is 36.0. The van der Waals surface area contributed by atoms with E-state index in [4.69, 9.17) is 0 Å². The molecule has 7 heteroatoms. The summed E-state index contributed by atoms with van der Waals surface area (Å²) in [5.41, 5.74) is 41.4. The highest BCUT2D eigenvalue weighted by atomic mass is 15.2. The fraction of sp³-hybridized carbons (Fsp3) is 0.204. The molecule has 0 bridgehead atoms. The van der Waals surface area contributed by atoms with Gasteiger partial charge in [-0.3, -0.25) is 0 Å². The Morgan fingerprint density at radius 3 is 1.20 bits per heavy atom. The zero-order valence-electron chi connectivity index (χ0n) is 66.7. The molecular formula is C103H97B2N5. The lowest BCUT2D eigenvalue weighted by Gasteiger charge is -2.38. The lowest BCUT2D eigenvalue weighted by atomic mass is 9.35. The number of para-hydroxylation sites is 4. The van der Waals surface area contributed by atoms with Crippen LogP contribution in [0.25, 0.3) is 38.9 Å². The Hall–Kier alpha value is -11.5. The van der Waals surface area contributed by atoms with Crippen molar-refractivity contribution in [2.24, 2.45) is 0 Å². The van der Waals surface area contributed by atoms with E-state index in [0.717, 1.165) is 39.8 Å². The molecule has 19 rings (SSSR count). The van der Waals surface area contributed by atoms with Gasteiger partial charge in [-0.1, -0.05) is 266 Å². The summed E-state index contributed by atoms with van der Waals surface area (Å²) in [6.07, 6.45) is 0. The average Bonchev–Trinajstić information content (AvgIpc) is 1.51. The van der Waals surface area contributed by atoms with Crippen molar-refractivity contribution in [1.82, 2.24) is 4.57 Å². The maximum Gasteiger partial charge on any atom is 0.251 e. The molecule has 0 N–H and O–H groups in total. The summed E-state index contributed by atoms with van der Waals surface area (Å²) in [6.45, 7) is 37.0. The fourth-order valence-corrected chi connectivity index (χ4v) is 18.7. The molecule has 0 unspecified atom stereocenters. The number of allylic oxidation sites excluding steroid dienone is 1. The van der Waals surface area contributed by atoms with Crippen molar-refractivity contribution < 1.29 is 0 Å². The first-order chi connectivity index (χ1) is 52.7. The van der Waals surface area contributed by atoms with E-state index >= 15 is 0 Å². The summed E-state index contributed by atoms with van der Waals surface area (Å²) in [5, 5.41) is 1.30. The minimum atomic E-state index is -0.0856. The van der Waals surface area contributed by atoms with Gasteiger partial charge in [-0.15, -0.1) is 0 Å². The second kappa shape index (κ2) is 25.8. The molecule has 5 nitrogen and oxygen atoms in total. The molecule has 13 aromatic carbocycles. The van der Waals surface area contributed by atoms with Crippen LogP contribution in [-0.4, -0.2) is 18.0 Å². The van der Waals surface area contributed by atoms with Gasteiger partial charge < -0.3 is 24.2 Å². The molecule has 5 aliphatic rings. The molecule has 1 aliphatic carbocycles. The molecule has 14 aromatic rings. The minimum Gasteiger partial charge on any atom is -0.311 e. The van der Waals surface area contributed by atoms with Crippen LogP contribution in [0.1, 0.15) is 147 Å². The Balaban J connectivity index is 0.000000155. The number of anilines is 12. The number of aryl methyl sites for hydroxylation is 2. The van der Waals surface area contributed by atoms with E-state index in [1.807, 2.05) is 0 Å². The van der Waals surface area contributed by atoms with Gasteiger partial charge in [-0.05, 0) is 263 Å². The molecule has 1 aromatic heterocycles. The van der Waals surface area contributed by atoms with Crippen LogP contribution in [-0.2, 0) is 27.1 Å². The van der Waals surface area contributed by atoms with Gasteiger partial charge in [0, 0.05) is 85.0 Å². The molecule has 540 valence electrons. The highest BCUT2D eigenvalue weighted by Gasteiger charge is 2.53. The zero-order chi connectivity index (χ0) is 76.2. The Morgan fingerprint density at radius 2 is 0.709 bits per heavy atom. The van der Waals surface area contributed by atoms with Crippen molar-refractivity contribution in [3.05, 3.63) is 347 Å². The van der Waals surface area contributed by atoms with Crippen LogP contribution < -0.4 is 46.9 Å². The lowest BCUT2D eigenvalue weighted by Crippen LogP contribution is -2.54. The molecule has 0 radical (unpaired) electrons. The second-order valence-electron chi connectivity index (χ2n) is 36.0. The van der Waals surface area contributed by atoms with Gasteiger partial charge in [0.15, 0.2) is 0 Å². The van der Waals surface area contributed by atoms with Crippen molar-refractivity contribution in [3.63, 3.8) is 0 Å². The summed E-state index contributed by atoms with van der Waals surface area (Å²) in [5.74, 6) is 0. The van der Waals surface area contributed by atoms with Crippen LogP contribution in [0.5, 0.6) is 0 Å². The van der Waals surface area contributed by atoms with Gasteiger partial charge in [0.05, 0.1) is 5.52 Å². The highest BCUT2D eigenvalue weighted by Crippen LogP contribution is 2.58. The number of benzene rings is 13. The first-order valence-corrected chi connectivity index (χ1v) is 39.5. The van der Waals surface area contributed by atoms with Crippen molar-refractivity contribution in [3.8, 4) is 16.9 Å². The van der Waals surface area contributed by atoms with Gasteiger partial charge in [-0.25, -0.2) is 0 Å². The Bertz CT molecular complexity index is 5870. The summed E-state index contributed by atoms with van der Waals surface area (Å²) in [4.78, 5) is 9.92. The predicted octanol–water partition coefficient (Wildman–Crippen LogP) is 24.5. The summed E-state index contributed by atoms with van der Waals surface area (Å²) < 4.78 is 2.51. The lowest BCUT2D eigenvalue weighted by molar-refractivity contribution is 0.590. The number of aromatic nitrogens is 1. The van der Waals surface area contributed by atoms with E-state index in [0.29, 0.717) is 0 Å². The van der Waals surface area contributed by atoms with E-state index in [1.165, 1.54) is 145 Å². The largest absolute Gasteiger partial charge is 0.311 e. The number of fused-ring (bicyclic) bond motifs is 13. The van der Waals surface area contributed by atoms with E-state index < -0.39 is 0 Å². The number of nitrogens with zero attached hydrogens (tertiary/aromatic N) is 5. The molecular weight excluding hydrogens is 1330 g/mol. The maximum atomic E-state index is 2.53. The van der Waals surface area contributed by atoms with Gasteiger partial charge in [0.2, 0.25) is 6.71 Å². The van der Waals surface area contributed by atoms with E-state index in [1.54, 1.807) is 0 Å². The predicted molar refractivity (Wildman–Crippen MR) is 474 cm³/mol. The third kappa shape index (κ3) is 11.5. The SMILES string of the molecule is Cc1cc2c3c(c1)N(c1ccccc1)c1cc(N(c4ccc(C(C)(C)C)cc4)c4ccc(C(C)(C)C)cc4)ccc1B3C1=C2C(C)(C)c2ccccc21.Cc1cc2c3c(c1)N(c1ccccc1)c1ccc(N(c4ccc(C(C)(C)C)cc4)c4ccc(C(C)(C)C)cc4)cc1B3c1c-2n(-c2ccccc2)c2ccccc12. The Kier molecular flexibility index (Phi) is 16.5. The Labute approximate surface area is 653 Å². The molecule has 0 saturated carbocycles. The number of rotatable bonds is 9. The molecule has 4 aliphatic heterocycles. The monoisotopic (exact) mass is 1430 g/mol. The van der Waals surface area contributed by atoms with Crippen LogP contribution in [0.3, 0.4) is 0 Å². The summed E-state index contributed by atoms with van der Waals surface area (Å²) in [6, 6.07) is 112. The first kappa shape index (κ1) is 70.2. The first-order valence-electron chi connectivity index (χ1n) is 39.5. The average molecular weight is 1430 g/mol. The fourth-order valence-electron chi connectivity index (χ4n) is 18.7. The molecule has 110 heavy (non-hydrogen) atoms. The van der Waals surface area contributed by atoms with Crippen LogP contribution in [0.4, 0.5) is 68.2 Å². The standard InChI is InChI=1S/C53H48BN3.C50H49BN2/c1-35-32-44-49-48(33-35)56(38-16-10-8-11-17-38)47-31-30-42(55(40-26-22-36(23-27-40)52(2,3)4)41-28-24-37(25-29-41)53(5,6)7)34-45(47)54(49)50-43-20-14-15-21-46(43)57(51(44)50)39-18-12-9-13-19-39;1-32-29-40-45-47(39-17-13-14-18-41(39)50(45,8)9)51-42-28-27-38(31-43(42)53(44(30-32)46(40)51)35-15-11-10-12-16-35)52(36-23-19-33(20-24-36)48(2,3)4)37-25-21-34(22-26-37)49(5,6)7/h8-34H,1-7H3;10-31H,1-9H3. The maximum absolute atomic E-state index is 2.53. The van der Waals surface area contributed by atoms with E-state index in [-0.39, 0.29) is 40.5 Å². The molecule has 5 heterocycles. The third-order valence-corrected chi connectivity index (χ3v) is 24.1.